The zero-order chi connectivity index (χ0) is 9.59. The highest BCUT2D eigenvalue weighted by atomic mass is 16.6. The maximum Gasteiger partial charge on any atom is 0.181 e. The van der Waals surface area contributed by atoms with E-state index in [1.165, 1.54) is 0 Å². The molecular weight excluding hydrogens is 168 g/mol. The maximum absolute atomic E-state index is 9.71. The van der Waals surface area contributed by atoms with Crippen LogP contribution in [0.4, 0.5) is 0 Å². The summed E-state index contributed by atoms with van der Waals surface area (Å²) in [6.07, 6.45) is 0.522. The Kier molecular flexibility index (Phi) is 2.34. The lowest BCUT2D eigenvalue weighted by atomic mass is 9.85. The quantitative estimate of drug-likeness (QED) is 0.635. The molecule has 0 aromatic heterocycles. The predicted molar refractivity (Wildman–Crippen MR) is 47.9 cm³/mol. The van der Waals surface area contributed by atoms with E-state index >= 15 is 0 Å². The number of aliphatic hydroxyl groups excluding tert-OH is 2. The summed E-state index contributed by atoms with van der Waals surface area (Å²) in [4.78, 5) is 0. The van der Waals surface area contributed by atoms with Crippen molar-refractivity contribution in [3.8, 4) is 0 Å². The Bertz CT molecular complexity index is 195. The lowest BCUT2D eigenvalue weighted by Gasteiger charge is -2.22. The summed E-state index contributed by atoms with van der Waals surface area (Å²) in [7, 11) is 0. The molecule has 0 aromatic carbocycles. The number of aliphatic hydroxyl groups is 2. The van der Waals surface area contributed by atoms with Crippen LogP contribution < -0.4 is 0 Å². The van der Waals surface area contributed by atoms with Gasteiger partial charge in [-0.25, -0.2) is 0 Å². The van der Waals surface area contributed by atoms with Crippen LogP contribution in [-0.2, 0) is 4.74 Å². The van der Waals surface area contributed by atoms with Crippen molar-refractivity contribution in [2.75, 3.05) is 0 Å². The second kappa shape index (κ2) is 3.23. The third-order valence-electron chi connectivity index (χ3n) is 3.73. The SMILES string of the molecule is CCC1C(C)CC2OC(O)C(O)C21. The van der Waals surface area contributed by atoms with Gasteiger partial charge in [-0.2, -0.15) is 0 Å². The van der Waals surface area contributed by atoms with E-state index < -0.39 is 12.4 Å². The molecule has 6 atom stereocenters. The van der Waals surface area contributed by atoms with Crippen molar-refractivity contribution in [2.45, 2.75) is 45.2 Å². The van der Waals surface area contributed by atoms with Crippen molar-refractivity contribution >= 4 is 0 Å². The van der Waals surface area contributed by atoms with Crippen molar-refractivity contribution in [2.24, 2.45) is 17.8 Å². The van der Waals surface area contributed by atoms with Crippen molar-refractivity contribution in [1.29, 1.82) is 0 Å². The van der Waals surface area contributed by atoms with Gasteiger partial charge in [-0.05, 0) is 18.3 Å². The molecule has 1 heterocycles. The molecule has 2 fully saturated rings. The minimum absolute atomic E-state index is 0.0879. The van der Waals surface area contributed by atoms with Gasteiger partial charge in [-0.1, -0.05) is 20.3 Å². The molecule has 13 heavy (non-hydrogen) atoms. The highest BCUT2D eigenvalue weighted by molar-refractivity contribution is 4.98. The molecule has 2 aliphatic rings. The van der Waals surface area contributed by atoms with Gasteiger partial charge < -0.3 is 14.9 Å². The van der Waals surface area contributed by atoms with E-state index in [0.717, 1.165) is 12.8 Å². The molecule has 1 saturated carbocycles. The van der Waals surface area contributed by atoms with Gasteiger partial charge in [-0.15, -0.1) is 0 Å². The second-order valence-corrected chi connectivity index (χ2v) is 4.42. The molecule has 1 saturated heterocycles. The van der Waals surface area contributed by atoms with E-state index in [2.05, 4.69) is 13.8 Å². The lowest BCUT2D eigenvalue weighted by Crippen LogP contribution is -2.30. The second-order valence-electron chi connectivity index (χ2n) is 4.42. The fraction of sp³-hybridized carbons (Fsp3) is 1.00. The molecular formula is C10H18O3. The number of fused-ring (bicyclic) bond motifs is 1. The molecule has 0 spiro atoms. The minimum Gasteiger partial charge on any atom is -0.387 e. The Hall–Kier alpha value is -0.120. The zero-order valence-electron chi connectivity index (χ0n) is 8.18. The number of rotatable bonds is 1. The average Bonchev–Trinajstić information content (AvgIpc) is 2.51. The van der Waals surface area contributed by atoms with E-state index in [1.54, 1.807) is 0 Å². The molecule has 76 valence electrons. The van der Waals surface area contributed by atoms with Gasteiger partial charge in [0, 0.05) is 5.92 Å². The molecule has 3 heteroatoms. The van der Waals surface area contributed by atoms with Crippen molar-refractivity contribution < 1.29 is 14.9 Å². The van der Waals surface area contributed by atoms with E-state index in [4.69, 9.17) is 4.74 Å². The Labute approximate surface area is 78.7 Å². The number of ether oxygens (including phenoxy) is 1. The average molecular weight is 186 g/mol. The van der Waals surface area contributed by atoms with Gasteiger partial charge in [0.2, 0.25) is 0 Å². The Morgan fingerprint density at radius 3 is 2.69 bits per heavy atom. The summed E-state index contributed by atoms with van der Waals surface area (Å²) in [6.45, 7) is 4.34. The number of hydrogen-bond acceptors (Lipinski definition) is 3. The maximum atomic E-state index is 9.71. The Morgan fingerprint density at radius 1 is 1.38 bits per heavy atom. The summed E-state index contributed by atoms with van der Waals surface area (Å²) >= 11 is 0. The predicted octanol–water partition coefficient (Wildman–Crippen LogP) is 0.747. The van der Waals surface area contributed by atoms with Crippen LogP contribution in [0.25, 0.3) is 0 Å². The topological polar surface area (TPSA) is 49.7 Å². The summed E-state index contributed by atoms with van der Waals surface area (Å²) in [5.41, 5.74) is 0. The van der Waals surface area contributed by atoms with Gasteiger partial charge in [0.15, 0.2) is 6.29 Å². The fourth-order valence-corrected chi connectivity index (χ4v) is 3.10. The van der Waals surface area contributed by atoms with E-state index in [-0.39, 0.29) is 12.0 Å². The Balaban J connectivity index is 2.15. The van der Waals surface area contributed by atoms with Crippen LogP contribution in [0.1, 0.15) is 26.7 Å². The first-order valence-corrected chi connectivity index (χ1v) is 5.16. The molecule has 6 unspecified atom stereocenters. The third-order valence-corrected chi connectivity index (χ3v) is 3.73. The standard InChI is InChI=1S/C10H18O3/c1-3-6-5(2)4-7-8(6)9(11)10(12)13-7/h5-12H,3-4H2,1-2H3. The van der Waals surface area contributed by atoms with Crippen LogP contribution in [0.3, 0.4) is 0 Å². The molecule has 1 aliphatic heterocycles. The molecule has 3 nitrogen and oxygen atoms in total. The normalized spacial score (nSPS) is 55.4. The molecule has 2 N–H and O–H groups in total. The van der Waals surface area contributed by atoms with Crippen LogP contribution in [0.5, 0.6) is 0 Å². The van der Waals surface area contributed by atoms with Crippen LogP contribution >= 0.6 is 0 Å². The largest absolute Gasteiger partial charge is 0.387 e. The molecule has 0 aromatic rings. The minimum atomic E-state index is -0.948. The first-order valence-electron chi connectivity index (χ1n) is 5.16. The number of hydrogen-bond donors (Lipinski definition) is 2. The summed E-state index contributed by atoms with van der Waals surface area (Å²) in [5, 5.41) is 19.0. The van der Waals surface area contributed by atoms with Crippen LogP contribution in [0.15, 0.2) is 0 Å². The van der Waals surface area contributed by atoms with Crippen molar-refractivity contribution in [1.82, 2.24) is 0 Å². The van der Waals surface area contributed by atoms with Crippen LogP contribution in [-0.4, -0.2) is 28.7 Å². The Morgan fingerprint density at radius 2 is 2.08 bits per heavy atom. The van der Waals surface area contributed by atoms with Crippen LogP contribution in [0, 0.1) is 17.8 Å². The summed E-state index contributed by atoms with van der Waals surface area (Å²) < 4.78 is 5.31. The highest BCUT2D eigenvalue weighted by Crippen LogP contribution is 2.47. The van der Waals surface area contributed by atoms with Gasteiger partial charge >= 0.3 is 0 Å². The zero-order valence-corrected chi connectivity index (χ0v) is 8.18. The van der Waals surface area contributed by atoms with E-state index in [0.29, 0.717) is 11.8 Å². The first-order chi connectivity index (χ1) is 6.15. The highest BCUT2D eigenvalue weighted by Gasteiger charge is 2.52. The molecule has 0 amide bonds. The molecule has 2 rings (SSSR count). The van der Waals surface area contributed by atoms with Gasteiger partial charge in [0.05, 0.1) is 6.10 Å². The van der Waals surface area contributed by atoms with E-state index in [1.807, 2.05) is 0 Å². The van der Waals surface area contributed by atoms with Gasteiger partial charge in [0.25, 0.3) is 0 Å². The summed E-state index contributed by atoms with van der Waals surface area (Å²) in [5.74, 6) is 1.29. The third kappa shape index (κ3) is 1.30. The van der Waals surface area contributed by atoms with Gasteiger partial charge in [-0.3, -0.25) is 0 Å². The van der Waals surface area contributed by atoms with Gasteiger partial charge in [0.1, 0.15) is 6.10 Å². The van der Waals surface area contributed by atoms with Crippen LogP contribution in [0.2, 0.25) is 0 Å². The smallest absolute Gasteiger partial charge is 0.181 e. The first kappa shape index (κ1) is 9.44. The summed E-state index contributed by atoms with van der Waals surface area (Å²) in [6, 6.07) is 0. The lowest BCUT2D eigenvalue weighted by molar-refractivity contribution is -0.131. The monoisotopic (exact) mass is 186 g/mol. The van der Waals surface area contributed by atoms with Crippen molar-refractivity contribution in [3.05, 3.63) is 0 Å². The molecule has 1 aliphatic carbocycles. The van der Waals surface area contributed by atoms with E-state index in [9.17, 15) is 10.2 Å². The van der Waals surface area contributed by atoms with Crippen molar-refractivity contribution in [3.63, 3.8) is 0 Å². The molecule has 0 radical (unpaired) electrons. The molecule has 0 bridgehead atoms. The fourth-order valence-electron chi connectivity index (χ4n) is 3.10.